The van der Waals surface area contributed by atoms with Crippen LogP contribution in [0.2, 0.25) is 0 Å². The molecule has 86 valence electrons. The fourth-order valence-electron chi connectivity index (χ4n) is 1.06. The van der Waals surface area contributed by atoms with Gasteiger partial charge in [0.05, 0.1) is 13.2 Å². The van der Waals surface area contributed by atoms with Gasteiger partial charge in [-0.15, -0.1) is 0 Å². The molecular formula is C12H15NO3. The van der Waals surface area contributed by atoms with Gasteiger partial charge in [-0.25, -0.2) is 4.79 Å². The minimum Gasteiger partial charge on any atom is -0.448 e. The first-order valence-electron chi connectivity index (χ1n) is 5.09. The molecule has 0 heterocycles. The standard InChI is InChI=1S/C12H15NO3/c1-2-15-12(14)13-16-10-6-9-11-7-4-3-5-8-11/h3-9H,2,10H2,1H3,(H,13,14)/b9-6+. The third-order valence-electron chi connectivity index (χ3n) is 1.72. The Balaban J connectivity index is 2.16. The van der Waals surface area contributed by atoms with Gasteiger partial charge >= 0.3 is 6.09 Å². The highest BCUT2D eigenvalue weighted by molar-refractivity contribution is 5.65. The average Bonchev–Trinajstić information content (AvgIpc) is 2.30. The van der Waals surface area contributed by atoms with Gasteiger partial charge in [0, 0.05) is 0 Å². The number of benzene rings is 1. The summed E-state index contributed by atoms with van der Waals surface area (Å²) in [5.41, 5.74) is 3.24. The van der Waals surface area contributed by atoms with Crippen LogP contribution in [0.5, 0.6) is 0 Å². The molecule has 0 atom stereocenters. The SMILES string of the molecule is CCOC(=O)NOC/C=C/c1ccccc1. The molecule has 16 heavy (non-hydrogen) atoms. The van der Waals surface area contributed by atoms with Gasteiger partial charge in [0.25, 0.3) is 0 Å². The monoisotopic (exact) mass is 221 g/mol. The van der Waals surface area contributed by atoms with Gasteiger partial charge in [-0.3, -0.25) is 4.84 Å². The van der Waals surface area contributed by atoms with Crippen molar-refractivity contribution in [2.75, 3.05) is 13.2 Å². The zero-order chi connectivity index (χ0) is 11.6. The maximum Gasteiger partial charge on any atom is 0.431 e. The van der Waals surface area contributed by atoms with E-state index < -0.39 is 6.09 Å². The summed E-state index contributed by atoms with van der Waals surface area (Å²) < 4.78 is 4.61. The quantitative estimate of drug-likeness (QED) is 0.613. The molecule has 0 aliphatic heterocycles. The van der Waals surface area contributed by atoms with E-state index in [2.05, 4.69) is 10.2 Å². The maximum atomic E-state index is 10.8. The molecule has 0 saturated heterocycles. The first-order valence-corrected chi connectivity index (χ1v) is 5.09. The Morgan fingerprint density at radius 1 is 1.38 bits per heavy atom. The first kappa shape index (κ1) is 12.3. The van der Waals surface area contributed by atoms with Crippen LogP contribution in [0, 0.1) is 0 Å². The average molecular weight is 221 g/mol. The van der Waals surface area contributed by atoms with Crippen LogP contribution in [0.4, 0.5) is 4.79 Å². The van der Waals surface area contributed by atoms with Gasteiger partial charge in [-0.1, -0.05) is 42.5 Å². The molecule has 0 bridgehead atoms. The fourth-order valence-corrected chi connectivity index (χ4v) is 1.06. The van der Waals surface area contributed by atoms with E-state index in [0.29, 0.717) is 13.2 Å². The summed E-state index contributed by atoms with van der Waals surface area (Å²) >= 11 is 0. The maximum absolute atomic E-state index is 10.8. The molecule has 1 N–H and O–H groups in total. The molecule has 0 radical (unpaired) electrons. The molecule has 0 saturated carbocycles. The van der Waals surface area contributed by atoms with E-state index >= 15 is 0 Å². The van der Waals surface area contributed by atoms with Crippen LogP contribution in [0.3, 0.4) is 0 Å². The van der Waals surface area contributed by atoms with Crippen molar-refractivity contribution in [2.24, 2.45) is 0 Å². The van der Waals surface area contributed by atoms with Crippen LogP contribution in [0.15, 0.2) is 36.4 Å². The molecule has 0 aliphatic carbocycles. The third-order valence-corrected chi connectivity index (χ3v) is 1.72. The van der Waals surface area contributed by atoms with Crippen molar-refractivity contribution >= 4 is 12.2 Å². The number of rotatable bonds is 5. The zero-order valence-electron chi connectivity index (χ0n) is 9.18. The molecule has 1 amide bonds. The second kappa shape index (κ2) is 7.48. The molecule has 1 aromatic carbocycles. The number of nitrogens with one attached hydrogen (secondary N) is 1. The molecule has 0 spiro atoms. The number of ether oxygens (including phenoxy) is 1. The Kier molecular flexibility index (Phi) is 5.73. The van der Waals surface area contributed by atoms with Crippen molar-refractivity contribution in [2.45, 2.75) is 6.92 Å². The molecule has 0 aliphatic rings. The summed E-state index contributed by atoms with van der Waals surface area (Å²) in [5.74, 6) is 0. The molecule has 4 nitrogen and oxygen atoms in total. The van der Waals surface area contributed by atoms with Gasteiger partial charge < -0.3 is 4.74 Å². The summed E-state index contributed by atoms with van der Waals surface area (Å²) in [7, 11) is 0. The lowest BCUT2D eigenvalue weighted by atomic mass is 10.2. The predicted molar refractivity (Wildman–Crippen MR) is 61.6 cm³/mol. The van der Waals surface area contributed by atoms with Gasteiger partial charge in [-0.05, 0) is 12.5 Å². The van der Waals surface area contributed by atoms with Gasteiger partial charge in [0.15, 0.2) is 0 Å². The lowest BCUT2D eigenvalue weighted by Gasteiger charge is -2.02. The van der Waals surface area contributed by atoms with Crippen molar-refractivity contribution in [3.05, 3.63) is 42.0 Å². The number of hydrogen-bond donors (Lipinski definition) is 1. The van der Waals surface area contributed by atoms with E-state index in [1.54, 1.807) is 6.92 Å². The molecule has 1 rings (SSSR count). The normalized spacial score (nSPS) is 10.3. The summed E-state index contributed by atoms with van der Waals surface area (Å²) in [6.07, 6.45) is 3.14. The Bertz CT molecular complexity index is 335. The number of carbonyl (C=O) groups is 1. The molecule has 0 aromatic heterocycles. The Hall–Kier alpha value is -1.81. The topological polar surface area (TPSA) is 47.6 Å². The summed E-state index contributed by atoms with van der Waals surface area (Å²) in [4.78, 5) is 15.7. The van der Waals surface area contributed by atoms with E-state index in [1.807, 2.05) is 42.5 Å². The Morgan fingerprint density at radius 2 is 2.12 bits per heavy atom. The zero-order valence-corrected chi connectivity index (χ0v) is 9.18. The first-order chi connectivity index (χ1) is 7.83. The summed E-state index contributed by atoms with van der Waals surface area (Å²) in [5, 5.41) is 0. The van der Waals surface area contributed by atoms with Crippen LogP contribution >= 0.6 is 0 Å². The largest absolute Gasteiger partial charge is 0.448 e. The van der Waals surface area contributed by atoms with Crippen LogP contribution in [0.25, 0.3) is 6.08 Å². The van der Waals surface area contributed by atoms with Crippen molar-refractivity contribution in [1.29, 1.82) is 0 Å². The molecule has 0 fully saturated rings. The number of hydroxylamine groups is 1. The highest BCUT2D eigenvalue weighted by atomic mass is 16.7. The van der Waals surface area contributed by atoms with E-state index in [4.69, 9.17) is 4.84 Å². The van der Waals surface area contributed by atoms with Crippen molar-refractivity contribution < 1.29 is 14.4 Å². The van der Waals surface area contributed by atoms with Crippen LogP contribution in [-0.2, 0) is 9.57 Å². The lowest BCUT2D eigenvalue weighted by Crippen LogP contribution is -2.24. The van der Waals surface area contributed by atoms with Gasteiger partial charge in [0.2, 0.25) is 0 Å². The number of carbonyl (C=O) groups excluding carboxylic acids is 1. The Morgan fingerprint density at radius 3 is 2.81 bits per heavy atom. The second-order valence-corrected chi connectivity index (χ2v) is 2.95. The van der Waals surface area contributed by atoms with Crippen molar-refractivity contribution in [3.63, 3.8) is 0 Å². The minimum atomic E-state index is -0.574. The third kappa shape index (κ3) is 5.17. The number of amides is 1. The van der Waals surface area contributed by atoms with E-state index in [-0.39, 0.29) is 0 Å². The molecule has 0 unspecified atom stereocenters. The lowest BCUT2D eigenvalue weighted by molar-refractivity contribution is 0.0440. The Labute approximate surface area is 94.8 Å². The van der Waals surface area contributed by atoms with Crippen LogP contribution in [-0.4, -0.2) is 19.3 Å². The predicted octanol–water partition coefficient (Wildman–Crippen LogP) is 2.38. The second-order valence-electron chi connectivity index (χ2n) is 2.95. The fraction of sp³-hybridized carbons (Fsp3) is 0.250. The van der Waals surface area contributed by atoms with Crippen molar-refractivity contribution in [3.8, 4) is 0 Å². The molecule has 4 heteroatoms. The van der Waals surface area contributed by atoms with Gasteiger partial charge in [-0.2, -0.15) is 5.48 Å². The minimum absolute atomic E-state index is 0.299. The highest BCUT2D eigenvalue weighted by Gasteiger charge is 1.96. The number of hydrogen-bond acceptors (Lipinski definition) is 3. The van der Waals surface area contributed by atoms with E-state index in [1.165, 1.54) is 0 Å². The summed E-state index contributed by atoms with van der Waals surface area (Å²) in [6, 6.07) is 9.83. The van der Waals surface area contributed by atoms with Gasteiger partial charge in [0.1, 0.15) is 0 Å². The van der Waals surface area contributed by atoms with Crippen LogP contribution in [0.1, 0.15) is 12.5 Å². The smallest absolute Gasteiger partial charge is 0.431 e. The summed E-state index contributed by atoms with van der Waals surface area (Å²) in [6.45, 7) is 2.36. The highest BCUT2D eigenvalue weighted by Crippen LogP contribution is 2.00. The molecule has 1 aromatic rings. The van der Waals surface area contributed by atoms with E-state index in [0.717, 1.165) is 5.56 Å². The van der Waals surface area contributed by atoms with Crippen LogP contribution < -0.4 is 5.48 Å². The van der Waals surface area contributed by atoms with E-state index in [9.17, 15) is 4.79 Å². The van der Waals surface area contributed by atoms with Crippen molar-refractivity contribution in [1.82, 2.24) is 5.48 Å². The molecular weight excluding hydrogens is 206 g/mol.